The van der Waals surface area contributed by atoms with Crippen molar-refractivity contribution < 1.29 is 13.2 Å². The Hall–Kier alpha value is -1.99. The topological polar surface area (TPSA) is 75.3 Å². The third-order valence-corrected chi connectivity index (χ3v) is 6.12. The molecule has 2 aromatic rings. The maximum Gasteiger partial charge on any atom is 0.230 e. The third kappa shape index (κ3) is 5.49. The van der Waals surface area contributed by atoms with Gasteiger partial charge < -0.3 is 5.32 Å². The molecule has 2 aromatic carbocycles. The summed E-state index contributed by atoms with van der Waals surface area (Å²) >= 11 is 1.52. The molecule has 3 rings (SSSR count). The van der Waals surface area contributed by atoms with Crippen LogP contribution in [-0.4, -0.2) is 26.3 Å². The Kier molecular flexibility index (Phi) is 6.11. The van der Waals surface area contributed by atoms with Crippen LogP contribution in [0.25, 0.3) is 0 Å². The second-order valence-electron chi connectivity index (χ2n) is 6.82. The second kappa shape index (κ2) is 8.35. The lowest BCUT2D eigenvalue weighted by Gasteiger charge is -2.18. The highest BCUT2D eigenvalue weighted by atomic mass is 32.2. The van der Waals surface area contributed by atoms with Gasteiger partial charge >= 0.3 is 0 Å². The van der Waals surface area contributed by atoms with E-state index < -0.39 is 10.0 Å². The van der Waals surface area contributed by atoms with Crippen molar-refractivity contribution >= 4 is 33.4 Å². The number of fused-ring (bicyclic) bond motifs is 1. The van der Waals surface area contributed by atoms with E-state index in [1.165, 1.54) is 29.3 Å². The highest BCUT2D eigenvalue weighted by molar-refractivity contribution is 8.00. The Morgan fingerprint density at radius 1 is 1.15 bits per heavy atom. The van der Waals surface area contributed by atoms with E-state index >= 15 is 0 Å². The van der Waals surface area contributed by atoms with E-state index in [-0.39, 0.29) is 11.9 Å². The highest BCUT2D eigenvalue weighted by Crippen LogP contribution is 2.28. The maximum atomic E-state index is 12.4. The minimum absolute atomic E-state index is 0.0813. The summed E-state index contributed by atoms with van der Waals surface area (Å²) in [7, 11) is -3.38. The molecule has 2 N–H and O–H groups in total. The minimum atomic E-state index is -3.38. The number of benzene rings is 2. The van der Waals surface area contributed by atoms with Gasteiger partial charge in [0.1, 0.15) is 0 Å². The summed E-state index contributed by atoms with van der Waals surface area (Å²) in [5.41, 5.74) is 4.04. The molecule has 1 atom stereocenters. The van der Waals surface area contributed by atoms with Gasteiger partial charge in [0.15, 0.2) is 0 Å². The Morgan fingerprint density at radius 2 is 1.89 bits per heavy atom. The fraction of sp³-hybridized carbons (Fsp3) is 0.350. The van der Waals surface area contributed by atoms with Gasteiger partial charge in [-0.05, 0) is 61.1 Å². The van der Waals surface area contributed by atoms with Crippen molar-refractivity contribution in [3.63, 3.8) is 0 Å². The summed E-state index contributed by atoms with van der Waals surface area (Å²) in [6, 6.07) is 13.2. The molecule has 0 fully saturated rings. The van der Waals surface area contributed by atoms with Crippen molar-refractivity contribution in [3.05, 3.63) is 59.2 Å². The molecule has 0 heterocycles. The summed E-state index contributed by atoms with van der Waals surface area (Å²) in [5.74, 6) is 0.243. The number of aryl methyl sites for hydroxylation is 2. The van der Waals surface area contributed by atoms with Crippen molar-refractivity contribution in [1.29, 1.82) is 0 Å². The summed E-state index contributed by atoms with van der Waals surface area (Å²) < 4.78 is 25.6. The number of nitrogens with one attached hydrogen (secondary N) is 2. The number of hydrogen-bond donors (Lipinski definition) is 2. The van der Waals surface area contributed by atoms with Crippen LogP contribution in [0.1, 0.15) is 36.1 Å². The van der Waals surface area contributed by atoms with Crippen LogP contribution >= 0.6 is 11.8 Å². The molecule has 0 saturated heterocycles. The SMILES string of the molecule is CC(NC(=O)CSc1ccc2c(c1)CCC2)c1ccccc1NS(C)(=O)=O. The summed E-state index contributed by atoms with van der Waals surface area (Å²) in [5, 5.41) is 2.95. The predicted octanol–water partition coefficient (Wildman–Crippen LogP) is 3.52. The molecular formula is C20H24N2O3S2. The van der Waals surface area contributed by atoms with E-state index in [0.717, 1.165) is 29.6 Å². The van der Waals surface area contributed by atoms with Crippen LogP contribution in [-0.2, 0) is 27.7 Å². The van der Waals surface area contributed by atoms with Crippen molar-refractivity contribution in [3.8, 4) is 0 Å². The molecule has 5 nitrogen and oxygen atoms in total. The van der Waals surface area contributed by atoms with Crippen LogP contribution in [0.3, 0.4) is 0 Å². The Bertz CT molecular complexity index is 942. The van der Waals surface area contributed by atoms with Crippen LogP contribution in [0.4, 0.5) is 5.69 Å². The predicted molar refractivity (Wildman–Crippen MR) is 111 cm³/mol. The first kappa shape index (κ1) is 19.8. The molecule has 1 unspecified atom stereocenters. The third-order valence-electron chi connectivity index (χ3n) is 4.54. The molecule has 27 heavy (non-hydrogen) atoms. The van der Waals surface area contributed by atoms with Gasteiger partial charge in [0.05, 0.1) is 23.7 Å². The van der Waals surface area contributed by atoms with Crippen LogP contribution in [0.2, 0.25) is 0 Å². The number of sulfonamides is 1. The lowest BCUT2D eigenvalue weighted by molar-refractivity contribution is -0.119. The first-order valence-corrected chi connectivity index (χ1v) is 11.8. The molecule has 144 valence electrons. The number of carbonyl (C=O) groups is 1. The molecule has 1 amide bonds. The summed E-state index contributed by atoms with van der Waals surface area (Å²) in [6.07, 6.45) is 4.60. The lowest BCUT2D eigenvalue weighted by atomic mass is 10.1. The normalized spacial score (nSPS) is 14.4. The van der Waals surface area contributed by atoms with Crippen LogP contribution in [0.15, 0.2) is 47.4 Å². The number of carbonyl (C=O) groups excluding carboxylic acids is 1. The zero-order valence-corrected chi connectivity index (χ0v) is 17.1. The molecule has 0 aromatic heterocycles. The van der Waals surface area contributed by atoms with Crippen molar-refractivity contribution in [2.75, 3.05) is 16.7 Å². The molecular weight excluding hydrogens is 380 g/mol. The monoisotopic (exact) mass is 404 g/mol. The molecule has 1 aliphatic rings. The van der Waals surface area contributed by atoms with Gasteiger partial charge in [-0.15, -0.1) is 11.8 Å². The van der Waals surface area contributed by atoms with Crippen molar-refractivity contribution in [2.45, 2.75) is 37.1 Å². The average molecular weight is 405 g/mol. The molecule has 7 heteroatoms. The van der Waals surface area contributed by atoms with E-state index in [1.807, 2.05) is 19.1 Å². The van der Waals surface area contributed by atoms with E-state index in [4.69, 9.17) is 0 Å². The van der Waals surface area contributed by atoms with Crippen molar-refractivity contribution in [1.82, 2.24) is 5.32 Å². The van der Waals surface area contributed by atoms with Gasteiger partial charge in [-0.3, -0.25) is 9.52 Å². The molecule has 0 bridgehead atoms. The standard InChI is InChI=1S/C20H24N2O3S2/c1-14(18-8-3-4-9-19(18)22-27(2,24)25)21-20(23)13-26-17-11-10-15-6-5-7-16(15)12-17/h3-4,8-12,14,22H,5-7,13H2,1-2H3,(H,21,23). The summed E-state index contributed by atoms with van der Waals surface area (Å²) in [6.45, 7) is 1.85. The van der Waals surface area contributed by atoms with Gasteiger partial charge in [0, 0.05) is 4.90 Å². The van der Waals surface area contributed by atoms with Gasteiger partial charge in [-0.2, -0.15) is 0 Å². The van der Waals surface area contributed by atoms with E-state index in [0.29, 0.717) is 11.4 Å². The first-order chi connectivity index (χ1) is 12.8. The number of anilines is 1. The van der Waals surface area contributed by atoms with Crippen LogP contribution < -0.4 is 10.0 Å². The Labute approximate surface area is 165 Å². The zero-order chi connectivity index (χ0) is 19.4. The van der Waals surface area contributed by atoms with Crippen LogP contribution in [0.5, 0.6) is 0 Å². The Morgan fingerprint density at radius 3 is 2.67 bits per heavy atom. The molecule has 1 aliphatic carbocycles. The minimum Gasteiger partial charge on any atom is -0.349 e. The number of hydrogen-bond acceptors (Lipinski definition) is 4. The van der Waals surface area contributed by atoms with E-state index in [9.17, 15) is 13.2 Å². The highest BCUT2D eigenvalue weighted by Gasteiger charge is 2.16. The Balaban J connectivity index is 1.59. The van der Waals surface area contributed by atoms with Gasteiger partial charge in [0.25, 0.3) is 0 Å². The smallest absolute Gasteiger partial charge is 0.230 e. The van der Waals surface area contributed by atoms with Gasteiger partial charge in [-0.1, -0.05) is 24.3 Å². The van der Waals surface area contributed by atoms with Crippen LogP contribution in [0, 0.1) is 0 Å². The largest absolute Gasteiger partial charge is 0.349 e. The number of para-hydroxylation sites is 1. The number of thioether (sulfide) groups is 1. The molecule has 0 spiro atoms. The van der Waals surface area contributed by atoms with Crippen molar-refractivity contribution in [2.24, 2.45) is 0 Å². The fourth-order valence-electron chi connectivity index (χ4n) is 3.32. The van der Waals surface area contributed by atoms with Gasteiger partial charge in [0.2, 0.25) is 15.9 Å². The lowest BCUT2D eigenvalue weighted by Crippen LogP contribution is -2.29. The fourth-order valence-corrected chi connectivity index (χ4v) is 4.67. The molecule has 0 aliphatic heterocycles. The summed E-state index contributed by atoms with van der Waals surface area (Å²) in [4.78, 5) is 13.5. The zero-order valence-electron chi connectivity index (χ0n) is 15.5. The number of amides is 1. The van der Waals surface area contributed by atoms with E-state index in [1.54, 1.807) is 12.1 Å². The van der Waals surface area contributed by atoms with E-state index in [2.05, 4.69) is 28.2 Å². The maximum absolute atomic E-state index is 12.4. The number of rotatable bonds is 7. The second-order valence-corrected chi connectivity index (χ2v) is 9.62. The molecule has 0 radical (unpaired) electrons. The first-order valence-electron chi connectivity index (χ1n) is 8.92. The quantitative estimate of drug-likeness (QED) is 0.693. The molecule has 0 saturated carbocycles. The van der Waals surface area contributed by atoms with Gasteiger partial charge in [-0.25, -0.2) is 8.42 Å². The average Bonchev–Trinajstić information content (AvgIpc) is 3.06.